The fourth-order valence-corrected chi connectivity index (χ4v) is 15.2. The Kier molecular flexibility index (Phi) is 9.75. The number of allylic oxidation sites excluding steroid dienone is 4. The Morgan fingerprint density at radius 3 is 1.50 bits per heavy atom. The molecule has 2 unspecified atom stereocenters. The zero-order valence-corrected chi connectivity index (χ0v) is 35.1. The molecular formula is C57H48N2Si. The second-order valence-electron chi connectivity index (χ2n) is 16.5. The zero-order chi connectivity index (χ0) is 40.5. The molecule has 2 nitrogen and oxygen atoms in total. The molecule has 2 atom stereocenters. The summed E-state index contributed by atoms with van der Waals surface area (Å²) in [6.45, 7) is 4.85. The van der Waals surface area contributed by atoms with Crippen molar-refractivity contribution in [1.29, 1.82) is 0 Å². The quantitative estimate of drug-likeness (QED) is 0.101. The summed E-state index contributed by atoms with van der Waals surface area (Å²) in [6, 6.07) is 83.0. The Labute approximate surface area is 356 Å². The van der Waals surface area contributed by atoms with E-state index in [4.69, 9.17) is 0 Å². The smallest absolute Gasteiger partial charge is 0.181 e. The van der Waals surface area contributed by atoms with Crippen LogP contribution in [-0.4, -0.2) is 8.07 Å². The van der Waals surface area contributed by atoms with Crippen LogP contribution in [0.1, 0.15) is 30.9 Å². The maximum absolute atomic E-state index is 3.13. The fraction of sp³-hybridized carbons (Fsp3) is 0.0877. The number of hydrogen-bond acceptors (Lipinski definition) is 2. The van der Waals surface area contributed by atoms with Gasteiger partial charge in [-0.15, -0.1) is 0 Å². The zero-order valence-electron chi connectivity index (χ0n) is 34.1. The average molecular weight is 789 g/mol. The van der Waals surface area contributed by atoms with Crippen LogP contribution in [0.2, 0.25) is 0 Å². The Balaban J connectivity index is 1.27. The van der Waals surface area contributed by atoms with Gasteiger partial charge in [0.25, 0.3) is 0 Å². The molecule has 0 saturated heterocycles. The number of rotatable bonds is 10. The number of fused-ring (bicyclic) bond motifs is 3. The number of para-hydroxylation sites is 4. The van der Waals surface area contributed by atoms with E-state index < -0.39 is 8.07 Å². The second kappa shape index (κ2) is 15.7. The Morgan fingerprint density at radius 2 is 0.900 bits per heavy atom. The molecule has 290 valence electrons. The molecule has 0 fully saturated rings. The summed E-state index contributed by atoms with van der Waals surface area (Å²) in [5.74, 6) is 0.504. The van der Waals surface area contributed by atoms with Gasteiger partial charge in [0.1, 0.15) is 0 Å². The summed E-state index contributed by atoms with van der Waals surface area (Å²) in [5, 5.41) is 5.33. The van der Waals surface area contributed by atoms with Crippen LogP contribution in [0.3, 0.4) is 0 Å². The van der Waals surface area contributed by atoms with Gasteiger partial charge in [0.15, 0.2) is 8.07 Å². The van der Waals surface area contributed by atoms with Crippen LogP contribution in [0.15, 0.2) is 248 Å². The molecule has 0 amide bonds. The molecule has 0 heterocycles. The van der Waals surface area contributed by atoms with Crippen molar-refractivity contribution < 1.29 is 0 Å². The largest absolute Gasteiger partial charge is 0.314 e. The van der Waals surface area contributed by atoms with Crippen molar-refractivity contribution in [2.45, 2.75) is 25.2 Å². The van der Waals surface area contributed by atoms with Crippen LogP contribution in [0.25, 0.3) is 0 Å². The number of benzene rings is 8. The van der Waals surface area contributed by atoms with Crippen molar-refractivity contribution in [3.05, 3.63) is 260 Å². The molecule has 2 aliphatic rings. The van der Waals surface area contributed by atoms with Gasteiger partial charge in [-0.2, -0.15) is 0 Å². The Bertz CT molecular complexity index is 2720. The topological polar surface area (TPSA) is 6.48 Å². The first-order valence-electron chi connectivity index (χ1n) is 21.1. The van der Waals surface area contributed by atoms with E-state index in [0.29, 0.717) is 5.92 Å². The van der Waals surface area contributed by atoms with Gasteiger partial charge in [0.05, 0.1) is 0 Å². The minimum atomic E-state index is -3.13. The highest BCUT2D eigenvalue weighted by atomic mass is 28.3. The fourth-order valence-electron chi connectivity index (χ4n) is 10.2. The van der Waals surface area contributed by atoms with Gasteiger partial charge in [-0.3, -0.25) is 0 Å². The van der Waals surface area contributed by atoms with Crippen molar-refractivity contribution in [1.82, 2.24) is 0 Å². The van der Waals surface area contributed by atoms with E-state index in [1.165, 1.54) is 43.3 Å². The number of anilines is 5. The summed E-state index contributed by atoms with van der Waals surface area (Å²) in [5.41, 5.74) is 9.87. The van der Waals surface area contributed by atoms with E-state index in [1.54, 1.807) is 0 Å². The van der Waals surface area contributed by atoms with Crippen LogP contribution < -0.4 is 30.5 Å². The summed E-state index contributed by atoms with van der Waals surface area (Å²) >= 11 is 0. The predicted molar refractivity (Wildman–Crippen MR) is 256 cm³/mol. The maximum atomic E-state index is 2.60. The predicted octanol–water partition coefficient (Wildman–Crippen LogP) is 11.8. The van der Waals surface area contributed by atoms with Crippen LogP contribution in [0.4, 0.5) is 28.4 Å². The van der Waals surface area contributed by atoms with Gasteiger partial charge in [0.2, 0.25) is 0 Å². The summed E-state index contributed by atoms with van der Waals surface area (Å²) < 4.78 is 0. The third-order valence-electron chi connectivity index (χ3n) is 12.9. The first-order valence-corrected chi connectivity index (χ1v) is 23.1. The maximum Gasteiger partial charge on any atom is 0.181 e. The van der Waals surface area contributed by atoms with Gasteiger partial charge in [-0.05, 0) is 104 Å². The average Bonchev–Trinajstić information content (AvgIpc) is 3.55. The van der Waals surface area contributed by atoms with Gasteiger partial charge in [-0.25, -0.2) is 0 Å². The highest BCUT2D eigenvalue weighted by Crippen LogP contribution is 2.56. The summed E-state index contributed by atoms with van der Waals surface area (Å²) in [4.78, 5) is 4.99. The molecular weight excluding hydrogens is 741 g/mol. The van der Waals surface area contributed by atoms with Crippen molar-refractivity contribution >= 4 is 57.3 Å². The molecule has 0 bridgehead atoms. The third kappa shape index (κ3) is 6.25. The van der Waals surface area contributed by atoms with Crippen LogP contribution in [0, 0.1) is 5.92 Å². The molecule has 8 aromatic rings. The third-order valence-corrected chi connectivity index (χ3v) is 17.7. The van der Waals surface area contributed by atoms with Crippen molar-refractivity contribution in [3.63, 3.8) is 0 Å². The first-order chi connectivity index (χ1) is 29.6. The molecule has 0 radical (unpaired) electrons. The molecule has 0 aromatic heterocycles. The molecule has 60 heavy (non-hydrogen) atoms. The second-order valence-corrected chi connectivity index (χ2v) is 20.3. The first kappa shape index (κ1) is 37.3. The van der Waals surface area contributed by atoms with E-state index in [9.17, 15) is 0 Å². The monoisotopic (exact) mass is 788 g/mol. The Morgan fingerprint density at radius 1 is 0.433 bits per heavy atom. The van der Waals surface area contributed by atoms with Gasteiger partial charge in [-0.1, -0.05) is 196 Å². The molecule has 0 saturated carbocycles. The van der Waals surface area contributed by atoms with Gasteiger partial charge in [0, 0.05) is 40.1 Å². The molecule has 3 heteroatoms. The standard InChI is InChI=1S/C57H48N2Si/c1-57(2)51-37-19-18-36-50(51)56-52(57)38-23-40-54(56)59(45-28-12-5-13-29-45)53-39-20-21-41-55(53)60(47-31-14-6-15-32-47,48-33-16-7-17-34-48)49-35-22-30-46(42-49)58(43-24-8-3-9-25-43)44-26-10-4-11-27-44/h3-42,52,56H,1-2H3. The SMILES string of the molecule is CC1(C)c2ccccc2C2C(N(c3ccccc3)c3ccccc3[Si](c3ccccc3)(c3ccccc3)c3cccc(N(c4ccccc4)c4ccccc4)c3)=CC=CC21. The highest BCUT2D eigenvalue weighted by molar-refractivity contribution is 7.20. The lowest BCUT2D eigenvalue weighted by Gasteiger charge is -2.42. The number of nitrogens with zero attached hydrogens (tertiary/aromatic N) is 2. The molecule has 0 spiro atoms. The van der Waals surface area contributed by atoms with Crippen LogP contribution in [-0.2, 0) is 5.41 Å². The van der Waals surface area contributed by atoms with Gasteiger partial charge < -0.3 is 9.80 Å². The molecule has 0 aliphatic heterocycles. The normalized spacial score (nSPS) is 16.3. The van der Waals surface area contributed by atoms with E-state index >= 15 is 0 Å². The van der Waals surface area contributed by atoms with E-state index in [1.807, 2.05) is 0 Å². The summed E-state index contributed by atoms with van der Waals surface area (Å²) in [7, 11) is -3.13. The Hall–Kier alpha value is -6.94. The minimum Gasteiger partial charge on any atom is -0.314 e. The van der Waals surface area contributed by atoms with E-state index in [0.717, 1.165) is 22.7 Å². The van der Waals surface area contributed by atoms with Crippen LogP contribution in [0.5, 0.6) is 0 Å². The molecule has 10 rings (SSSR count). The minimum absolute atomic E-state index is 0.0183. The molecule has 8 aromatic carbocycles. The summed E-state index contributed by atoms with van der Waals surface area (Å²) in [6.07, 6.45) is 7.15. The van der Waals surface area contributed by atoms with Crippen molar-refractivity contribution in [2.24, 2.45) is 5.92 Å². The van der Waals surface area contributed by atoms with E-state index in [2.05, 4.69) is 266 Å². The van der Waals surface area contributed by atoms with E-state index in [-0.39, 0.29) is 11.3 Å². The van der Waals surface area contributed by atoms with Crippen LogP contribution >= 0.6 is 0 Å². The lowest BCUT2D eigenvalue weighted by molar-refractivity contribution is 0.385. The molecule has 0 N–H and O–H groups in total. The lowest BCUT2D eigenvalue weighted by atomic mass is 9.73. The number of hydrogen-bond donors (Lipinski definition) is 0. The molecule has 2 aliphatic carbocycles. The van der Waals surface area contributed by atoms with Gasteiger partial charge >= 0.3 is 0 Å². The lowest BCUT2D eigenvalue weighted by Crippen LogP contribution is -2.75. The van der Waals surface area contributed by atoms with Crippen molar-refractivity contribution in [2.75, 3.05) is 9.80 Å². The highest BCUT2D eigenvalue weighted by Gasteiger charge is 2.50. The van der Waals surface area contributed by atoms with Crippen molar-refractivity contribution in [3.8, 4) is 0 Å².